The smallest absolute Gasteiger partial charge is 0.269 e. The van der Waals surface area contributed by atoms with Crippen LogP contribution in [0.2, 0.25) is 0 Å². The Bertz CT molecular complexity index is 670. The molecule has 0 amide bonds. The third-order valence-corrected chi connectivity index (χ3v) is 4.30. The van der Waals surface area contributed by atoms with Crippen LogP contribution in [0.15, 0.2) is 54.6 Å². The first-order chi connectivity index (χ1) is 11.4. The second-order valence-electron chi connectivity index (χ2n) is 5.70. The van der Waals surface area contributed by atoms with E-state index in [4.69, 9.17) is 9.47 Å². The van der Waals surface area contributed by atoms with Gasteiger partial charge in [-0.15, -0.1) is 0 Å². The number of non-ortho nitro benzene ring substituents is 1. The molecule has 0 aromatic heterocycles. The first-order valence-electron chi connectivity index (χ1n) is 7.48. The Hall–Kier alpha value is -2.28. The average molecular weight is 331 g/mol. The van der Waals surface area contributed by atoms with Crippen LogP contribution in [0.4, 0.5) is 5.69 Å². The molecule has 0 aliphatic carbocycles. The molecule has 2 rings (SSSR count). The molecule has 0 fully saturated rings. The zero-order valence-electron chi connectivity index (χ0n) is 13.9. The van der Waals surface area contributed by atoms with Crippen LogP contribution in [-0.2, 0) is 14.9 Å². The van der Waals surface area contributed by atoms with E-state index in [1.807, 2.05) is 37.3 Å². The van der Waals surface area contributed by atoms with Crippen LogP contribution in [0.1, 0.15) is 24.2 Å². The summed E-state index contributed by atoms with van der Waals surface area (Å²) in [5.74, 6) is 0. The number of ether oxygens (including phenoxy) is 2. The lowest BCUT2D eigenvalue weighted by atomic mass is 9.74. The summed E-state index contributed by atoms with van der Waals surface area (Å²) in [6.07, 6.45) is -1.68. The van der Waals surface area contributed by atoms with E-state index in [1.54, 1.807) is 12.1 Å². The monoisotopic (exact) mass is 331 g/mol. The van der Waals surface area contributed by atoms with Gasteiger partial charge in [-0.3, -0.25) is 10.1 Å². The summed E-state index contributed by atoms with van der Waals surface area (Å²) in [4.78, 5) is 10.3. The first-order valence-corrected chi connectivity index (χ1v) is 7.48. The fourth-order valence-corrected chi connectivity index (χ4v) is 2.93. The number of aliphatic hydroxyl groups is 1. The van der Waals surface area contributed by atoms with Gasteiger partial charge in [-0.05, 0) is 30.2 Å². The molecule has 0 bridgehead atoms. The number of nitro benzene ring substituents is 1. The molecule has 0 spiro atoms. The van der Waals surface area contributed by atoms with Gasteiger partial charge in [-0.2, -0.15) is 0 Å². The minimum absolute atomic E-state index is 0.0256. The fraction of sp³-hybridized carbons (Fsp3) is 0.333. The number of benzene rings is 2. The molecule has 0 aliphatic rings. The zero-order valence-corrected chi connectivity index (χ0v) is 13.9. The quantitative estimate of drug-likeness (QED) is 0.478. The molecule has 6 nitrogen and oxygen atoms in total. The molecule has 2 aromatic carbocycles. The summed E-state index contributed by atoms with van der Waals surface area (Å²) in [7, 11) is 3.02. The van der Waals surface area contributed by atoms with E-state index in [0.29, 0.717) is 5.56 Å². The van der Waals surface area contributed by atoms with Crippen LogP contribution in [0, 0.1) is 10.1 Å². The van der Waals surface area contributed by atoms with Gasteiger partial charge in [0.2, 0.25) is 0 Å². The van der Waals surface area contributed by atoms with E-state index < -0.39 is 22.7 Å². The van der Waals surface area contributed by atoms with E-state index in [-0.39, 0.29) is 5.69 Å². The van der Waals surface area contributed by atoms with Crippen molar-refractivity contribution in [2.75, 3.05) is 14.2 Å². The minimum Gasteiger partial charge on any atom is -0.387 e. The van der Waals surface area contributed by atoms with E-state index >= 15 is 0 Å². The van der Waals surface area contributed by atoms with E-state index in [1.165, 1.54) is 26.4 Å². The summed E-state index contributed by atoms with van der Waals surface area (Å²) in [6.45, 7) is 1.84. The Morgan fingerprint density at radius 1 is 1.04 bits per heavy atom. The molecule has 24 heavy (non-hydrogen) atoms. The summed E-state index contributed by atoms with van der Waals surface area (Å²) in [5, 5.41) is 21.8. The van der Waals surface area contributed by atoms with Gasteiger partial charge >= 0.3 is 0 Å². The van der Waals surface area contributed by atoms with Crippen LogP contribution in [0.5, 0.6) is 0 Å². The number of aliphatic hydroxyl groups excluding tert-OH is 1. The zero-order chi connectivity index (χ0) is 17.7. The molecule has 0 aliphatic heterocycles. The number of nitro groups is 1. The van der Waals surface area contributed by atoms with Crippen molar-refractivity contribution in [2.24, 2.45) is 0 Å². The van der Waals surface area contributed by atoms with E-state index in [9.17, 15) is 15.2 Å². The lowest BCUT2D eigenvalue weighted by Gasteiger charge is -2.40. The van der Waals surface area contributed by atoms with Gasteiger partial charge in [0, 0.05) is 26.4 Å². The number of nitrogens with zero attached hydrogens (tertiary/aromatic N) is 1. The van der Waals surface area contributed by atoms with Gasteiger partial charge in [0.15, 0.2) is 6.29 Å². The van der Waals surface area contributed by atoms with Gasteiger partial charge < -0.3 is 14.6 Å². The maximum absolute atomic E-state index is 11.0. The van der Waals surface area contributed by atoms with Crippen LogP contribution in [-0.4, -0.2) is 30.5 Å². The lowest BCUT2D eigenvalue weighted by molar-refractivity contribution is -0.384. The number of hydrogen-bond acceptors (Lipinski definition) is 5. The van der Waals surface area contributed by atoms with Gasteiger partial charge in [0.25, 0.3) is 5.69 Å². The summed E-state index contributed by atoms with van der Waals surface area (Å²) in [5.41, 5.74) is 0.457. The van der Waals surface area contributed by atoms with Gasteiger partial charge in [0.1, 0.15) is 0 Å². The molecule has 6 heteroatoms. The van der Waals surface area contributed by atoms with Crippen molar-refractivity contribution in [3.63, 3.8) is 0 Å². The SMILES string of the molecule is COC(OC)[C@@](C)(c1ccccc1)[C@@H](O)c1ccc([N+](=O)[O-])cc1. The Morgan fingerprint density at radius 2 is 1.58 bits per heavy atom. The molecule has 2 atom stereocenters. The standard InChI is InChI=1S/C18H21NO5/c1-18(17(23-2)24-3,14-7-5-4-6-8-14)16(20)13-9-11-15(12-10-13)19(21)22/h4-12,16-17,20H,1-3H3/t16-,18-/m0/s1. The van der Waals surface area contributed by atoms with E-state index in [0.717, 1.165) is 5.56 Å². The second-order valence-corrected chi connectivity index (χ2v) is 5.70. The molecular weight excluding hydrogens is 310 g/mol. The second kappa shape index (κ2) is 7.53. The van der Waals surface area contributed by atoms with E-state index in [2.05, 4.69) is 0 Å². The highest BCUT2D eigenvalue weighted by molar-refractivity contribution is 5.37. The third-order valence-electron chi connectivity index (χ3n) is 4.30. The molecule has 0 radical (unpaired) electrons. The summed E-state index contributed by atoms with van der Waals surface area (Å²) in [6, 6.07) is 15.3. The number of rotatable bonds is 7. The Morgan fingerprint density at radius 3 is 2.04 bits per heavy atom. The van der Waals surface area contributed by atoms with Crippen LogP contribution < -0.4 is 0 Å². The molecule has 0 saturated heterocycles. The van der Waals surface area contributed by atoms with Crippen molar-refractivity contribution in [3.8, 4) is 0 Å². The van der Waals surface area contributed by atoms with Crippen molar-refractivity contribution in [3.05, 3.63) is 75.8 Å². The van der Waals surface area contributed by atoms with Gasteiger partial charge in [-0.1, -0.05) is 30.3 Å². The van der Waals surface area contributed by atoms with Crippen molar-refractivity contribution in [2.45, 2.75) is 24.7 Å². The molecule has 0 saturated carbocycles. The topological polar surface area (TPSA) is 81.8 Å². The Kier molecular flexibility index (Phi) is 5.66. The summed E-state index contributed by atoms with van der Waals surface area (Å²) >= 11 is 0. The van der Waals surface area contributed by atoms with Crippen LogP contribution in [0.3, 0.4) is 0 Å². The highest BCUT2D eigenvalue weighted by Gasteiger charge is 2.44. The Balaban J connectivity index is 2.48. The number of hydrogen-bond donors (Lipinski definition) is 1. The first kappa shape index (κ1) is 18.1. The molecule has 1 N–H and O–H groups in total. The average Bonchev–Trinajstić information content (AvgIpc) is 2.62. The highest BCUT2D eigenvalue weighted by atomic mass is 16.7. The van der Waals surface area contributed by atoms with Crippen LogP contribution >= 0.6 is 0 Å². The Labute approximate surface area is 140 Å². The van der Waals surface area contributed by atoms with Crippen LogP contribution in [0.25, 0.3) is 0 Å². The number of methoxy groups -OCH3 is 2. The molecule has 0 unspecified atom stereocenters. The van der Waals surface area contributed by atoms with Crippen molar-refractivity contribution in [1.29, 1.82) is 0 Å². The van der Waals surface area contributed by atoms with Gasteiger partial charge in [0.05, 0.1) is 16.4 Å². The van der Waals surface area contributed by atoms with Crippen molar-refractivity contribution in [1.82, 2.24) is 0 Å². The predicted octanol–water partition coefficient (Wildman–Crippen LogP) is 3.21. The normalized spacial score (nSPS) is 15.0. The lowest BCUT2D eigenvalue weighted by Crippen LogP contribution is -2.44. The fourth-order valence-electron chi connectivity index (χ4n) is 2.93. The van der Waals surface area contributed by atoms with Gasteiger partial charge in [-0.25, -0.2) is 0 Å². The minimum atomic E-state index is -0.981. The predicted molar refractivity (Wildman–Crippen MR) is 89.7 cm³/mol. The third kappa shape index (κ3) is 3.31. The molecule has 128 valence electrons. The molecule has 2 aromatic rings. The highest BCUT2D eigenvalue weighted by Crippen LogP contribution is 2.41. The summed E-state index contributed by atoms with van der Waals surface area (Å²) < 4.78 is 10.9. The van der Waals surface area contributed by atoms with Crippen molar-refractivity contribution < 1.29 is 19.5 Å². The molecular formula is C18H21NO5. The van der Waals surface area contributed by atoms with Crippen molar-refractivity contribution >= 4 is 5.69 Å². The maximum Gasteiger partial charge on any atom is 0.269 e. The molecule has 0 heterocycles. The maximum atomic E-state index is 11.0. The largest absolute Gasteiger partial charge is 0.387 e.